The lowest BCUT2D eigenvalue weighted by molar-refractivity contribution is -0.116. The van der Waals surface area contributed by atoms with Crippen molar-refractivity contribution in [3.8, 4) is 17.2 Å². The fourth-order valence-electron chi connectivity index (χ4n) is 2.61. The minimum Gasteiger partial charge on any atom is -0.326 e. The number of rotatable bonds is 2. The third-order valence-electron chi connectivity index (χ3n) is 3.74. The highest BCUT2D eigenvalue weighted by atomic mass is 32.2. The van der Waals surface area contributed by atoms with E-state index >= 15 is 0 Å². The van der Waals surface area contributed by atoms with Crippen LogP contribution in [0, 0.1) is 11.3 Å². The Labute approximate surface area is 131 Å². The number of hydrogen-bond acceptors (Lipinski definition) is 3. The summed E-state index contributed by atoms with van der Waals surface area (Å²) in [6, 6.07) is 13.3. The van der Waals surface area contributed by atoms with Crippen LogP contribution < -0.4 is 5.32 Å². The molecule has 2 aromatic rings. The number of aryl methyl sites for hydroxylation is 1. The first kappa shape index (κ1) is 14.5. The van der Waals surface area contributed by atoms with Gasteiger partial charge in [0, 0.05) is 18.4 Å². The van der Waals surface area contributed by atoms with Gasteiger partial charge in [0.25, 0.3) is 0 Å². The fraction of sp³-hybridized carbons (Fsp3) is 0.176. The van der Waals surface area contributed by atoms with E-state index in [4.69, 9.17) is 0 Å². The number of benzene rings is 2. The number of carbonyl (C=O) groups excluding carboxylic acids is 1. The van der Waals surface area contributed by atoms with Crippen molar-refractivity contribution < 1.29 is 9.00 Å². The summed E-state index contributed by atoms with van der Waals surface area (Å²) >= 11 is 0. The van der Waals surface area contributed by atoms with Gasteiger partial charge in [0.15, 0.2) is 0 Å². The number of fused-ring (bicyclic) bond motifs is 1. The number of nitriles is 1. The highest BCUT2D eigenvalue weighted by Gasteiger charge is 2.15. The van der Waals surface area contributed by atoms with Crippen molar-refractivity contribution in [2.45, 2.75) is 17.7 Å². The van der Waals surface area contributed by atoms with E-state index in [0.29, 0.717) is 16.9 Å². The Kier molecular flexibility index (Phi) is 3.78. The lowest BCUT2D eigenvalue weighted by Gasteiger charge is -2.17. The molecule has 2 aromatic carbocycles. The summed E-state index contributed by atoms with van der Waals surface area (Å²) in [6.45, 7) is 0. The molecule has 0 saturated carbocycles. The number of nitrogens with zero attached hydrogens (tertiary/aromatic N) is 1. The van der Waals surface area contributed by atoms with Gasteiger partial charge in [0.1, 0.15) is 6.07 Å². The van der Waals surface area contributed by atoms with Gasteiger partial charge in [-0.1, -0.05) is 12.1 Å². The van der Waals surface area contributed by atoms with Gasteiger partial charge in [-0.05, 0) is 47.4 Å². The standard InChI is InChI=1S/C17H14N2O2S/c1-22(21)16-6-3-12(9-14(16)10-18)11-2-5-15-13(8-11)4-7-17(20)19-15/h2-3,5-6,8-9H,4,7H2,1H3,(H,19,20). The molecular weight excluding hydrogens is 296 g/mol. The molecule has 0 bridgehead atoms. The van der Waals surface area contributed by atoms with Gasteiger partial charge in [0.2, 0.25) is 5.91 Å². The van der Waals surface area contributed by atoms with E-state index in [2.05, 4.69) is 11.4 Å². The molecule has 1 amide bonds. The molecule has 3 rings (SSSR count). The molecular formula is C17H14N2O2S. The summed E-state index contributed by atoms with van der Waals surface area (Å²) in [5.74, 6) is 0.0433. The Balaban J connectivity index is 2.03. The highest BCUT2D eigenvalue weighted by Crippen LogP contribution is 2.30. The maximum atomic E-state index is 11.6. The molecule has 1 aliphatic rings. The lowest BCUT2D eigenvalue weighted by atomic mass is 9.96. The molecule has 1 atom stereocenters. The molecule has 4 nitrogen and oxygen atoms in total. The van der Waals surface area contributed by atoms with Crippen molar-refractivity contribution in [2.75, 3.05) is 11.6 Å². The van der Waals surface area contributed by atoms with Crippen molar-refractivity contribution in [1.82, 2.24) is 0 Å². The van der Waals surface area contributed by atoms with Gasteiger partial charge in [-0.15, -0.1) is 0 Å². The first-order valence-corrected chi connectivity index (χ1v) is 8.45. The highest BCUT2D eigenvalue weighted by molar-refractivity contribution is 7.84. The summed E-state index contributed by atoms with van der Waals surface area (Å²) in [4.78, 5) is 11.9. The van der Waals surface area contributed by atoms with E-state index in [1.54, 1.807) is 18.4 Å². The monoisotopic (exact) mass is 310 g/mol. The van der Waals surface area contributed by atoms with Crippen LogP contribution in [0.1, 0.15) is 17.5 Å². The second kappa shape index (κ2) is 5.74. The van der Waals surface area contributed by atoms with Crippen LogP contribution in [0.15, 0.2) is 41.3 Å². The Morgan fingerprint density at radius 2 is 1.86 bits per heavy atom. The third-order valence-corrected chi connectivity index (χ3v) is 4.72. The van der Waals surface area contributed by atoms with Crippen LogP contribution >= 0.6 is 0 Å². The Morgan fingerprint density at radius 3 is 2.59 bits per heavy atom. The van der Waals surface area contributed by atoms with Crippen molar-refractivity contribution in [3.63, 3.8) is 0 Å². The zero-order chi connectivity index (χ0) is 15.7. The SMILES string of the molecule is CS(=O)c1ccc(-c2ccc3c(c2)CCC(=O)N3)cc1C#N. The van der Waals surface area contributed by atoms with Gasteiger partial charge in [-0.3, -0.25) is 9.00 Å². The van der Waals surface area contributed by atoms with Gasteiger partial charge >= 0.3 is 0 Å². The first-order chi connectivity index (χ1) is 10.6. The Hall–Kier alpha value is -2.45. The predicted molar refractivity (Wildman–Crippen MR) is 85.9 cm³/mol. The minimum atomic E-state index is -1.18. The molecule has 0 radical (unpaired) electrons. The molecule has 1 unspecified atom stereocenters. The zero-order valence-electron chi connectivity index (χ0n) is 12.1. The van der Waals surface area contributed by atoms with Gasteiger partial charge in [0.05, 0.1) is 21.3 Å². The van der Waals surface area contributed by atoms with Crippen LogP contribution in [0.2, 0.25) is 0 Å². The second-order valence-corrected chi connectivity index (χ2v) is 6.55. The maximum Gasteiger partial charge on any atom is 0.224 e. The molecule has 1 N–H and O–H groups in total. The van der Waals surface area contributed by atoms with E-state index in [9.17, 15) is 14.3 Å². The molecule has 0 fully saturated rings. The van der Waals surface area contributed by atoms with Crippen molar-refractivity contribution in [3.05, 3.63) is 47.5 Å². The largest absolute Gasteiger partial charge is 0.326 e. The predicted octanol–water partition coefficient (Wildman–Crippen LogP) is 2.85. The average molecular weight is 310 g/mol. The van der Waals surface area contributed by atoms with Crippen LogP contribution in [0.25, 0.3) is 11.1 Å². The van der Waals surface area contributed by atoms with E-state index in [1.165, 1.54) is 0 Å². The quantitative estimate of drug-likeness (QED) is 0.927. The smallest absolute Gasteiger partial charge is 0.224 e. The number of amides is 1. The van der Waals surface area contributed by atoms with Crippen LogP contribution in [0.5, 0.6) is 0 Å². The van der Waals surface area contributed by atoms with Crippen LogP contribution in [0.4, 0.5) is 5.69 Å². The van der Waals surface area contributed by atoms with E-state index in [-0.39, 0.29) is 5.91 Å². The molecule has 22 heavy (non-hydrogen) atoms. The van der Waals surface area contributed by atoms with Crippen molar-refractivity contribution >= 4 is 22.4 Å². The molecule has 0 aromatic heterocycles. The zero-order valence-corrected chi connectivity index (χ0v) is 12.9. The van der Waals surface area contributed by atoms with Crippen molar-refractivity contribution in [1.29, 1.82) is 5.26 Å². The summed E-state index contributed by atoms with van der Waals surface area (Å²) < 4.78 is 11.6. The van der Waals surface area contributed by atoms with E-state index in [0.717, 1.165) is 28.8 Å². The second-order valence-electron chi connectivity index (χ2n) is 5.20. The average Bonchev–Trinajstić information content (AvgIpc) is 2.53. The van der Waals surface area contributed by atoms with Crippen LogP contribution in [-0.2, 0) is 22.0 Å². The summed E-state index contributed by atoms with van der Waals surface area (Å²) in [7, 11) is -1.18. The first-order valence-electron chi connectivity index (χ1n) is 6.89. The number of nitrogens with one attached hydrogen (secondary N) is 1. The minimum absolute atomic E-state index is 0.0433. The fourth-order valence-corrected chi connectivity index (χ4v) is 3.28. The Morgan fingerprint density at radius 1 is 1.14 bits per heavy atom. The number of hydrogen-bond donors (Lipinski definition) is 1. The van der Waals surface area contributed by atoms with Gasteiger partial charge in [-0.25, -0.2) is 0 Å². The molecule has 0 saturated heterocycles. The molecule has 1 aliphatic heterocycles. The van der Waals surface area contributed by atoms with E-state index < -0.39 is 10.8 Å². The topological polar surface area (TPSA) is 70.0 Å². The van der Waals surface area contributed by atoms with Gasteiger partial charge in [-0.2, -0.15) is 5.26 Å². The lowest BCUT2D eigenvalue weighted by Crippen LogP contribution is -2.18. The molecule has 1 heterocycles. The van der Waals surface area contributed by atoms with Crippen LogP contribution in [0.3, 0.4) is 0 Å². The molecule has 0 aliphatic carbocycles. The summed E-state index contributed by atoms with van der Waals surface area (Å²) in [5, 5.41) is 12.1. The summed E-state index contributed by atoms with van der Waals surface area (Å²) in [5.41, 5.74) is 4.28. The van der Waals surface area contributed by atoms with Crippen molar-refractivity contribution in [2.24, 2.45) is 0 Å². The molecule has 0 spiro atoms. The normalized spacial score (nSPS) is 14.6. The third kappa shape index (κ3) is 2.66. The van der Waals surface area contributed by atoms with Gasteiger partial charge < -0.3 is 5.32 Å². The Bertz CT molecular complexity index is 837. The van der Waals surface area contributed by atoms with Crippen LogP contribution in [-0.4, -0.2) is 16.4 Å². The summed E-state index contributed by atoms with van der Waals surface area (Å²) in [6.07, 6.45) is 2.78. The number of carbonyl (C=O) groups is 1. The number of anilines is 1. The molecule has 5 heteroatoms. The molecule has 110 valence electrons. The van der Waals surface area contributed by atoms with E-state index in [1.807, 2.05) is 24.3 Å². The maximum absolute atomic E-state index is 11.6.